The molecule has 0 radical (unpaired) electrons. The van der Waals surface area contributed by atoms with Crippen LogP contribution in [-0.2, 0) is 16.0 Å². The summed E-state index contributed by atoms with van der Waals surface area (Å²) < 4.78 is 6.32. The molecule has 0 aliphatic rings. The Bertz CT molecular complexity index is 522. The van der Waals surface area contributed by atoms with E-state index in [0.717, 1.165) is 14.9 Å². The van der Waals surface area contributed by atoms with Crippen LogP contribution in [0.15, 0.2) is 46.3 Å². The van der Waals surface area contributed by atoms with Gasteiger partial charge < -0.3 is 4.74 Å². The monoisotopic (exact) mass is 324 g/mol. The molecule has 0 spiro atoms. The number of methoxy groups -OCH3 is 1. The molecule has 2 aromatic rings. The molecule has 2 nitrogen and oxygen atoms in total. The smallest absolute Gasteiger partial charge is 0.171 e. The van der Waals surface area contributed by atoms with Gasteiger partial charge in [0.15, 0.2) is 5.78 Å². The normalized spacial score (nSPS) is 12.3. The van der Waals surface area contributed by atoms with Gasteiger partial charge in [0.2, 0.25) is 0 Å². The molecule has 4 heteroatoms. The summed E-state index contributed by atoms with van der Waals surface area (Å²) in [6, 6.07) is 11.5. The summed E-state index contributed by atoms with van der Waals surface area (Å²) in [6.45, 7) is 0. The average molecular weight is 325 g/mol. The highest BCUT2D eigenvalue weighted by molar-refractivity contribution is 9.10. The summed E-state index contributed by atoms with van der Waals surface area (Å²) >= 11 is 5.02. The maximum Gasteiger partial charge on any atom is 0.171 e. The lowest BCUT2D eigenvalue weighted by atomic mass is 10.0. The lowest BCUT2D eigenvalue weighted by molar-refractivity contribution is -0.128. The summed E-state index contributed by atoms with van der Waals surface area (Å²) in [5.41, 5.74) is 0.901. The van der Waals surface area contributed by atoms with Crippen LogP contribution >= 0.6 is 27.3 Å². The van der Waals surface area contributed by atoms with Crippen molar-refractivity contribution in [2.24, 2.45) is 0 Å². The Hall–Kier alpha value is -0.970. The summed E-state index contributed by atoms with van der Waals surface area (Å²) in [5.74, 6) is 0.0758. The van der Waals surface area contributed by atoms with Gasteiger partial charge in [0.05, 0.1) is 0 Å². The number of ether oxygens (including phenoxy) is 1. The van der Waals surface area contributed by atoms with E-state index in [1.54, 1.807) is 18.4 Å². The molecular formula is C14H13BrO2S. The van der Waals surface area contributed by atoms with Crippen molar-refractivity contribution in [3.05, 3.63) is 56.7 Å². The molecule has 1 aromatic carbocycles. The van der Waals surface area contributed by atoms with Crippen LogP contribution in [0.5, 0.6) is 0 Å². The van der Waals surface area contributed by atoms with Gasteiger partial charge in [-0.25, -0.2) is 0 Å². The predicted molar refractivity (Wildman–Crippen MR) is 76.9 cm³/mol. The van der Waals surface area contributed by atoms with Gasteiger partial charge in [0, 0.05) is 22.9 Å². The van der Waals surface area contributed by atoms with Crippen molar-refractivity contribution in [3.8, 4) is 0 Å². The van der Waals surface area contributed by atoms with Gasteiger partial charge in [-0.1, -0.05) is 30.3 Å². The van der Waals surface area contributed by atoms with Crippen LogP contribution in [-0.4, -0.2) is 12.9 Å². The summed E-state index contributed by atoms with van der Waals surface area (Å²) in [7, 11) is 1.57. The first kappa shape index (κ1) is 13.5. The first-order valence-corrected chi connectivity index (χ1v) is 7.22. The van der Waals surface area contributed by atoms with Crippen molar-refractivity contribution in [3.63, 3.8) is 0 Å². The van der Waals surface area contributed by atoms with Crippen molar-refractivity contribution in [1.29, 1.82) is 0 Å². The summed E-state index contributed by atoms with van der Waals surface area (Å²) in [6.07, 6.45) is -0.0914. The first-order valence-electron chi connectivity index (χ1n) is 5.54. The minimum absolute atomic E-state index is 0.0758. The number of hydrogen-bond acceptors (Lipinski definition) is 3. The van der Waals surface area contributed by atoms with Gasteiger partial charge in [-0.15, -0.1) is 11.3 Å². The Morgan fingerprint density at radius 1 is 1.33 bits per heavy atom. The first-order chi connectivity index (χ1) is 8.72. The van der Waals surface area contributed by atoms with E-state index in [-0.39, 0.29) is 5.78 Å². The molecule has 0 bridgehead atoms. The van der Waals surface area contributed by atoms with E-state index in [0.29, 0.717) is 6.42 Å². The Kier molecular flexibility index (Phi) is 4.69. The van der Waals surface area contributed by atoms with Gasteiger partial charge >= 0.3 is 0 Å². The maximum absolute atomic E-state index is 12.3. The predicted octanol–water partition coefficient (Wildman–Crippen LogP) is 4.01. The Labute approximate surface area is 119 Å². The molecule has 18 heavy (non-hydrogen) atoms. The zero-order valence-electron chi connectivity index (χ0n) is 9.93. The third-order valence-electron chi connectivity index (χ3n) is 2.66. The molecule has 0 N–H and O–H groups in total. The number of halogens is 1. The van der Waals surface area contributed by atoms with E-state index in [1.807, 2.05) is 41.8 Å². The summed E-state index contributed by atoms with van der Waals surface area (Å²) in [5, 5.41) is 1.97. The van der Waals surface area contributed by atoms with Crippen molar-refractivity contribution in [1.82, 2.24) is 0 Å². The third-order valence-corrected chi connectivity index (χ3v) is 4.58. The Morgan fingerprint density at radius 2 is 2.06 bits per heavy atom. The quantitative estimate of drug-likeness (QED) is 0.830. The molecule has 0 aliphatic heterocycles. The van der Waals surface area contributed by atoms with Crippen LogP contribution < -0.4 is 0 Å². The zero-order chi connectivity index (χ0) is 13.0. The molecule has 1 aromatic heterocycles. The van der Waals surface area contributed by atoms with Gasteiger partial charge in [-0.3, -0.25) is 4.79 Å². The molecule has 0 fully saturated rings. The number of rotatable bonds is 5. The number of Topliss-reactive ketones (excluding diaryl/α,β-unsaturated/α-hetero) is 1. The highest BCUT2D eigenvalue weighted by atomic mass is 79.9. The number of thiophene rings is 1. The minimum atomic E-state index is -0.486. The molecule has 94 valence electrons. The second kappa shape index (κ2) is 6.27. The van der Waals surface area contributed by atoms with Gasteiger partial charge in [0.1, 0.15) is 6.10 Å². The highest BCUT2D eigenvalue weighted by Gasteiger charge is 2.21. The van der Waals surface area contributed by atoms with Crippen molar-refractivity contribution >= 4 is 33.0 Å². The van der Waals surface area contributed by atoms with Gasteiger partial charge in [0.25, 0.3) is 0 Å². The van der Waals surface area contributed by atoms with Crippen LogP contribution in [0.1, 0.15) is 16.5 Å². The number of hydrogen-bond donors (Lipinski definition) is 0. The van der Waals surface area contributed by atoms with Crippen molar-refractivity contribution in [2.45, 2.75) is 12.5 Å². The van der Waals surface area contributed by atoms with E-state index in [4.69, 9.17) is 4.74 Å². The summed E-state index contributed by atoms with van der Waals surface area (Å²) in [4.78, 5) is 13.3. The molecule has 0 saturated heterocycles. The molecule has 2 rings (SSSR count). The fourth-order valence-electron chi connectivity index (χ4n) is 1.78. The number of benzene rings is 1. The fraction of sp³-hybridized carbons (Fsp3) is 0.214. The molecule has 1 atom stereocenters. The Morgan fingerprint density at radius 3 is 2.61 bits per heavy atom. The molecule has 0 aliphatic carbocycles. The van der Waals surface area contributed by atoms with Crippen LogP contribution in [0, 0.1) is 0 Å². The van der Waals surface area contributed by atoms with Crippen LogP contribution in [0.4, 0.5) is 0 Å². The second-order valence-corrected chi connectivity index (χ2v) is 5.72. The lowest BCUT2D eigenvalue weighted by Crippen LogP contribution is -2.16. The molecule has 0 amide bonds. The molecular weight excluding hydrogens is 312 g/mol. The average Bonchev–Trinajstić information content (AvgIpc) is 2.77. The number of carbonyl (C=O) groups is 1. The van der Waals surface area contributed by atoms with E-state index in [9.17, 15) is 4.79 Å². The molecule has 1 unspecified atom stereocenters. The van der Waals surface area contributed by atoms with E-state index in [1.165, 1.54) is 0 Å². The molecule has 0 saturated carbocycles. The van der Waals surface area contributed by atoms with Crippen LogP contribution in [0.25, 0.3) is 0 Å². The van der Waals surface area contributed by atoms with Crippen LogP contribution in [0.2, 0.25) is 0 Å². The topological polar surface area (TPSA) is 26.3 Å². The SMILES string of the molecule is COC(C(=O)Cc1sccc1Br)c1ccccc1. The van der Waals surface area contributed by atoms with E-state index in [2.05, 4.69) is 15.9 Å². The van der Waals surface area contributed by atoms with Gasteiger partial charge in [-0.05, 0) is 32.9 Å². The standard InChI is InChI=1S/C14H13BrO2S/c1-17-14(10-5-3-2-4-6-10)12(16)9-13-11(15)7-8-18-13/h2-8,14H,9H2,1H3. The lowest BCUT2D eigenvalue weighted by Gasteiger charge is -2.14. The largest absolute Gasteiger partial charge is 0.369 e. The van der Waals surface area contributed by atoms with Crippen LogP contribution in [0.3, 0.4) is 0 Å². The van der Waals surface area contributed by atoms with E-state index < -0.39 is 6.10 Å². The van der Waals surface area contributed by atoms with Gasteiger partial charge in [-0.2, -0.15) is 0 Å². The Balaban J connectivity index is 2.14. The van der Waals surface area contributed by atoms with E-state index >= 15 is 0 Å². The zero-order valence-corrected chi connectivity index (χ0v) is 12.3. The van der Waals surface area contributed by atoms with Crippen molar-refractivity contribution < 1.29 is 9.53 Å². The van der Waals surface area contributed by atoms with Crippen molar-refractivity contribution in [2.75, 3.05) is 7.11 Å². The number of carbonyl (C=O) groups excluding carboxylic acids is 1. The number of ketones is 1. The molecule has 1 heterocycles. The third kappa shape index (κ3) is 3.07. The maximum atomic E-state index is 12.3. The minimum Gasteiger partial charge on any atom is -0.369 e. The highest BCUT2D eigenvalue weighted by Crippen LogP contribution is 2.26. The second-order valence-electron chi connectivity index (χ2n) is 3.86. The fourth-order valence-corrected chi connectivity index (χ4v) is 3.29.